The first-order chi connectivity index (χ1) is 7.29. The summed E-state index contributed by atoms with van der Waals surface area (Å²) in [6.45, 7) is 8.90. The standard InChI is InChI=1S/C11H19N3S.ClH/c1-3-11-13-7-10(15-11)8-14-5-4-12-6-9(14)2;/h7,9,12H,3-6,8H2,1-2H3;1H/t9-;/m0./s1. The highest BCUT2D eigenvalue weighted by molar-refractivity contribution is 7.11. The Morgan fingerprint density at radius 3 is 3.06 bits per heavy atom. The van der Waals surface area contributed by atoms with Gasteiger partial charge in [0.25, 0.3) is 0 Å². The zero-order valence-electron chi connectivity index (χ0n) is 9.90. The second-order valence-corrected chi connectivity index (χ2v) is 5.30. The predicted molar refractivity (Wildman–Crippen MR) is 71.5 cm³/mol. The molecule has 1 atom stereocenters. The van der Waals surface area contributed by atoms with Crippen LogP contribution in [0.1, 0.15) is 23.7 Å². The minimum atomic E-state index is 0. The van der Waals surface area contributed by atoms with Crippen molar-refractivity contribution in [3.8, 4) is 0 Å². The van der Waals surface area contributed by atoms with E-state index in [1.165, 1.54) is 9.88 Å². The number of rotatable bonds is 3. The molecule has 0 radical (unpaired) electrons. The van der Waals surface area contributed by atoms with Gasteiger partial charge >= 0.3 is 0 Å². The van der Waals surface area contributed by atoms with Crippen molar-refractivity contribution in [3.05, 3.63) is 16.1 Å². The molecule has 1 saturated heterocycles. The lowest BCUT2D eigenvalue weighted by molar-refractivity contribution is 0.167. The zero-order valence-corrected chi connectivity index (χ0v) is 11.5. The highest BCUT2D eigenvalue weighted by atomic mass is 35.5. The first-order valence-corrected chi connectivity index (χ1v) is 6.49. The van der Waals surface area contributed by atoms with Gasteiger partial charge in [-0.2, -0.15) is 0 Å². The van der Waals surface area contributed by atoms with E-state index in [1.54, 1.807) is 0 Å². The quantitative estimate of drug-likeness (QED) is 0.901. The summed E-state index contributed by atoms with van der Waals surface area (Å²) in [5, 5.41) is 4.67. The van der Waals surface area contributed by atoms with E-state index >= 15 is 0 Å². The maximum absolute atomic E-state index is 4.40. The minimum Gasteiger partial charge on any atom is -0.314 e. The molecule has 1 aromatic rings. The van der Waals surface area contributed by atoms with E-state index in [9.17, 15) is 0 Å². The van der Waals surface area contributed by atoms with E-state index in [-0.39, 0.29) is 12.4 Å². The van der Waals surface area contributed by atoms with Crippen LogP contribution in [0.25, 0.3) is 0 Å². The van der Waals surface area contributed by atoms with Gasteiger partial charge in [-0.1, -0.05) is 6.92 Å². The van der Waals surface area contributed by atoms with E-state index in [4.69, 9.17) is 0 Å². The van der Waals surface area contributed by atoms with Crippen molar-refractivity contribution in [2.45, 2.75) is 32.9 Å². The van der Waals surface area contributed by atoms with Crippen molar-refractivity contribution in [1.82, 2.24) is 15.2 Å². The number of aromatic nitrogens is 1. The molecule has 0 saturated carbocycles. The zero-order chi connectivity index (χ0) is 10.7. The number of nitrogens with one attached hydrogen (secondary N) is 1. The molecule has 1 aliphatic heterocycles. The van der Waals surface area contributed by atoms with E-state index in [1.807, 2.05) is 17.5 Å². The third-order valence-corrected chi connectivity index (χ3v) is 4.03. The van der Waals surface area contributed by atoms with Gasteiger partial charge in [-0.25, -0.2) is 4.98 Å². The topological polar surface area (TPSA) is 28.2 Å². The third-order valence-electron chi connectivity index (χ3n) is 2.90. The van der Waals surface area contributed by atoms with Gasteiger partial charge < -0.3 is 5.32 Å². The van der Waals surface area contributed by atoms with Crippen LogP contribution in [0.2, 0.25) is 0 Å². The van der Waals surface area contributed by atoms with E-state index in [0.717, 1.165) is 32.6 Å². The SMILES string of the molecule is CCc1ncc(CN2CCNC[C@@H]2C)s1.Cl. The summed E-state index contributed by atoms with van der Waals surface area (Å²) in [7, 11) is 0. The van der Waals surface area contributed by atoms with Crippen molar-refractivity contribution in [2.24, 2.45) is 0 Å². The molecule has 3 nitrogen and oxygen atoms in total. The molecule has 0 amide bonds. The van der Waals surface area contributed by atoms with Crippen molar-refractivity contribution >= 4 is 23.7 Å². The summed E-state index contributed by atoms with van der Waals surface area (Å²) in [4.78, 5) is 8.34. The number of halogens is 1. The molecule has 0 spiro atoms. The summed E-state index contributed by atoms with van der Waals surface area (Å²) < 4.78 is 0. The average Bonchev–Trinajstić information content (AvgIpc) is 2.69. The van der Waals surface area contributed by atoms with Gasteiger partial charge in [-0.15, -0.1) is 23.7 Å². The Balaban J connectivity index is 0.00000128. The highest BCUT2D eigenvalue weighted by Gasteiger charge is 2.18. The fourth-order valence-corrected chi connectivity index (χ4v) is 2.79. The normalized spacial score (nSPS) is 21.8. The number of hydrogen-bond donors (Lipinski definition) is 1. The number of aryl methyl sites for hydroxylation is 1. The van der Waals surface area contributed by atoms with Gasteiger partial charge in [-0.3, -0.25) is 4.90 Å². The van der Waals surface area contributed by atoms with Crippen LogP contribution in [0, 0.1) is 0 Å². The Bertz CT molecular complexity index is 316. The van der Waals surface area contributed by atoms with Crippen molar-refractivity contribution in [1.29, 1.82) is 0 Å². The van der Waals surface area contributed by atoms with Crippen LogP contribution in [0.15, 0.2) is 6.20 Å². The number of piperazine rings is 1. The molecular weight excluding hydrogens is 242 g/mol. The van der Waals surface area contributed by atoms with Gasteiger partial charge in [0, 0.05) is 43.3 Å². The van der Waals surface area contributed by atoms with Crippen molar-refractivity contribution in [3.63, 3.8) is 0 Å². The molecule has 0 unspecified atom stereocenters. The smallest absolute Gasteiger partial charge is 0.0925 e. The fraction of sp³-hybridized carbons (Fsp3) is 0.727. The largest absolute Gasteiger partial charge is 0.314 e. The summed E-state index contributed by atoms with van der Waals surface area (Å²) in [6.07, 6.45) is 3.10. The number of thiazole rings is 1. The summed E-state index contributed by atoms with van der Waals surface area (Å²) >= 11 is 1.86. The fourth-order valence-electron chi connectivity index (χ4n) is 1.90. The van der Waals surface area contributed by atoms with Gasteiger partial charge in [0.15, 0.2) is 0 Å². The Hall–Kier alpha value is -0.160. The molecule has 92 valence electrons. The van der Waals surface area contributed by atoms with Crippen LogP contribution < -0.4 is 5.32 Å². The molecule has 5 heteroatoms. The molecule has 0 aliphatic carbocycles. The molecule has 2 rings (SSSR count). The molecule has 1 fully saturated rings. The lowest BCUT2D eigenvalue weighted by Gasteiger charge is -2.33. The average molecular weight is 262 g/mol. The van der Waals surface area contributed by atoms with Gasteiger partial charge in [-0.05, 0) is 13.3 Å². The van der Waals surface area contributed by atoms with Crippen LogP contribution in [0.3, 0.4) is 0 Å². The Kier molecular flexibility index (Phi) is 5.69. The van der Waals surface area contributed by atoms with Crippen LogP contribution in [-0.4, -0.2) is 35.6 Å². The monoisotopic (exact) mass is 261 g/mol. The number of hydrogen-bond acceptors (Lipinski definition) is 4. The lowest BCUT2D eigenvalue weighted by Crippen LogP contribution is -2.49. The van der Waals surface area contributed by atoms with Gasteiger partial charge in [0.05, 0.1) is 5.01 Å². The van der Waals surface area contributed by atoms with Gasteiger partial charge in [0.2, 0.25) is 0 Å². The van der Waals surface area contributed by atoms with E-state index < -0.39 is 0 Å². The highest BCUT2D eigenvalue weighted by Crippen LogP contribution is 2.17. The molecule has 1 aromatic heterocycles. The Labute approximate surface area is 108 Å². The lowest BCUT2D eigenvalue weighted by atomic mass is 10.2. The Morgan fingerprint density at radius 1 is 1.62 bits per heavy atom. The summed E-state index contributed by atoms with van der Waals surface area (Å²) in [5.74, 6) is 0. The maximum atomic E-state index is 4.40. The van der Waals surface area contributed by atoms with Crippen LogP contribution in [-0.2, 0) is 13.0 Å². The summed E-state index contributed by atoms with van der Waals surface area (Å²) in [5.41, 5.74) is 0. The first-order valence-electron chi connectivity index (χ1n) is 5.68. The molecule has 0 aromatic carbocycles. The molecule has 0 bridgehead atoms. The maximum Gasteiger partial charge on any atom is 0.0925 e. The van der Waals surface area contributed by atoms with E-state index in [0.29, 0.717) is 6.04 Å². The molecule has 2 heterocycles. The molecule has 16 heavy (non-hydrogen) atoms. The summed E-state index contributed by atoms with van der Waals surface area (Å²) in [6, 6.07) is 0.644. The van der Waals surface area contributed by atoms with Crippen LogP contribution >= 0.6 is 23.7 Å². The predicted octanol–water partition coefficient (Wildman–Crippen LogP) is 1.92. The second kappa shape index (κ2) is 6.55. The minimum absolute atomic E-state index is 0. The second-order valence-electron chi connectivity index (χ2n) is 4.10. The van der Waals surface area contributed by atoms with Crippen molar-refractivity contribution in [2.75, 3.05) is 19.6 Å². The Morgan fingerprint density at radius 2 is 2.44 bits per heavy atom. The van der Waals surface area contributed by atoms with Crippen LogP contribution in [0.4, 0.5) is 0 Å². The molecular formula is C11H20ClN3S. The third kappa shape index (κ3) is 3.42. The first kappa shape index (κ1) is 13.9. The van der Waals surface area contributed by atoms with Gasteiger partial charge in [0.1, 0.15) is 0 Å². The number of nitrogens with zero attached hydrogens (tertiary/aromatic N) is 2. The van der Waals surface area contributed by atoms with Crippen molar-refractivity contribution < 1.29 is 0 Å². The molecule has 1 aliphatic rings. The van der Waals surface area contributed by atoms with E-state index in [2.05, 4.69) is 29.0 Å². The van der Waals surface area contributed by atoms with Crippen LogP contribution in [0.5, 0.6) is 0 Å². The molecule has 1 N–H and O–H groups in total.